The Labute approximate surface area is 166 Å². The van der Waals surface area contributed by atoms with Gasteiger partial charge in [-0.1, -0.05) is 0 Å². The molecule has 1 aromatic carbocycles. The summed E-state index contributed by atoms with van der Waals surface area (Å²) < 4.78 is 18.4. The van der Waals surface area contributed by atoms with Gasteiger partial charge in [-0.05, 0) is 61.0 Å². The quantitative estimate of drug-likeness (QED) is 0.728. The van der Waals surface area contributed by atoms with E-state index in [1.165, 1.54) is 17.5 Å². The lowest BCUT2D eigenvalue weighted by Crippen LogP contribution is -2.39. The van der Waals surface area contributed by atoms with Crippen LogP contribution in [-0.2, 0) is 40.1 Å². The highest BCUT2D eigenvalue weighted by Gasteiger charge is 2.19. The first-order chi connectivity index (χ1) is 13.7. The van der Waals surface area contributed by atoms with Crippen LogP contribution in [0.2, 0.25) is 0 Å². The van der Waals surface area contributed by atoms with Gasteiger partial charge >= 0.3 is 0 Å². The number of nitrogens with zero attached hydrogens (tertiary/aromatic N) is 2. The molecule has 1 aliphatic heterocycles. The van der Waals surface area contributed by atoms with Crippen molar-refractivity contribution in [2.45, 2.75) is 38.5 Å². The summed E-state index contributed by atoms with van der Waals surface area (Å²) in [5.41, 5.74) is 4.74. The molecule has 0 spiro atoms. The van der Waals surface area contributed by atoms with E-state index in [0.717, 1.165) is 35.9 Å². The van der Waals surface area contributed by atoms with Crippen molar-refractivity contribution in [1.29, 1.82) is 0 Å². The summed E-state index contributed by atoms with van der Waals surface area (Å²) >= 11 is 0. The predicted octanol–water partition coefficient (Wildman–Crippen LogP) is 1.98. The number of hydrogen-bond donors (Lipinski definition) is 0. The molecule has 4 rings (SSSR count). The second-order valence-corrected chi connectivity index (χ2v) is 7.92. The van der Waals surface area contributed by atoms with Gasteiger partial charge in [0.1, 0.15) is 0 Å². The molecule has 6 nitrogen and oxygen atoms in total. The lowest BCUT2D eigenvalue weighted by molar-refractivity contribution is -0.0963. The summed E-state index contributed by atoms with van der Waals surface area (Å²) in [5.74, 6) is 0. The number of likely N-dealkylation sites (N-methyl/N-ethyl adjacent to an activating group) is 1. The van der Waals surface area contributed by atoms with Crippen LogP contribution in [-0.4, -0.2) is 62.7 Å². The van der Waals surface area contributed by atoms with Crippen LogP contribution in [0, 0.1) is 0 Å². The second-order valence-electron chi connectivity index (χ2n) is 7.92. The summed E-state index contributed by atoms with van der Waals surface area (Å²) in [6, 6.07) is 6.58. The molecule has 152 valence electrons. The zero-order valence-corrected chi connectivity index (χ0v) is 16.9. The molecule has 2 aromatic rings. The van der Waals surface area contributed by atoms with E-state index < -0.39 is 0 Å². The van der Waals surface area contributed by atoms with Crippen LogP contribution in [0.4, 0.5) is 0 Å². The molecule has 1 unspecified atom stereocenters. The van der Waals surface area contributed by atoms with Crippen molar-refractivity contribution in [3.63, 3.8) is 0 Å². The fourth-order valence-electron chi connectivity index (χ4n) is 4.37. The molecule has 0 radical (unpaired) electrons. The zero-order valence-electron chi connectivity index (χ0n) is 16.9. The Morgan fingerprint density at radius 2 is 2.04 bits per heavy atom. The Bertz CT molecular complexity index is 886. The first kappa shape index (κ1) is 19.6. The molecule has 0 N–H and O–H groups in total. The van der Waals surface area contributed by atoms with Crippen LogP contribution in [0.25, 0.3) is 10.9 Å². The van der Waals surface area contributed by atoms with Gasteiger partial charge in [-0.3, -0.25) is 9.69 Å². The van der Waals surface area contributed by atoms with E-state index in [4.69, 9.17) is 14.2 Å². The summed E-state index contributed by atoms with van der Waals surface area (Å²) in [4.78, 5) is 15.4. The van der Waals surface area contributed by atoms with Crippen LogP contribution in [0.5, 0.6) is 0 Å². The van der Waals surface area contributed by atoms with Crippen molar-refractivity contribution < 1.29 is 14.2 Å². The van der Waals surface area contributed by atoms with E-state index in [0.29, 0.717) is 39.5 Å². The summed E-state index contributed by atoms with van der Waals surface area (Å²) in [7, 11) is 3.71. The molecule has 1 saturated heterocycles. The molecule has 1 aliphatic carbocycles. The highest BCUT2D eigenvalue weighted by atomic mass is 16.6. The lowest BCUT2D eigenvalue weighted by Gasteiger charge is -2.27. The maximum atomic E-state index is 13.2. The van der Waals surface area contributed by atoms with Gasteiger partial charge in [0.2, 0.25) is 0 Å². The number of methoxy groups -OCH3 is 1. The minimum absolute atomic E-state index is 0.0678. The van der Waals surface area contributed by atoms with E-state index in [9.17, 15) is 4.79 Å². The monoisotopic (exact) mass is 386 g/mol. The number of pyridine rings is 1. The number of aryl methyl sites for hydroxylation is 2. The van der Waals surface area contributed by atoms with Crippen LogP contribution in [0.15, 0.2) is 23.0 Å². The van der Waals surface area contributed by atoms with Gasteiger partial charge in [0.05, 0.1) is 38.0 Å². The predicted molar refractivity (Wildman–Crippen MR) is 109 cm³/mol. The third-order valence-corrected chi connectivity index (χ3v) is 5.74. The molecule has 2 aliphatic rings. The maximum Gasteiger partial charge on any atom is 0.255 e. The minimum atomic E-state index is 0.0678. The van der Waals surface area contributed by atoms with Crippen LogP contribution >= 0.6 is 0 Å². The summed E-state index contributed by atoms with van der Waals surface area (Å²) in [6.07, 6.45) is 3.51. The van der Waals surface area contributed by atoms with E-state index in [1.54, 1.807) is 7.11 Å². The van der Waals surface area contributed by atoms with Gasteiger partial charge in [-0.15, -0.1) is 0 Å². The van der Waals surface area contributed by atoms with Crippen LogP contribution in [0.3, 0.4) is 0 Å². The van der Waals surface area contributed by atoms with Crippen LogP contribution < -0.4 is 5.56 Å². The van der Waals surface area contributed by atoms with Crippen molar-refractivity contribution in [3.05, 3.63) is 45.2 Å². The summed E-state index contributed by atoms with van der Waals surface area (Å²) in [5, 5.41) is 1.15. The standard InChI is InChI=1S/C22H30N2O4/c1-23(14-20-15-27-8-9-28-20)13-19-11-18-10-16-4-3-5-17(16)12-21(18)24(22(19)25)6-7-26-2/h10-12,20H,3-9,13-15H2,1-2H3. The van der Waals surface area contributed by atoms with Crippen molar-refractivity contribution in [2.75, 3.05) is 47.1 Å². The van der Waals surface area contributed by atoms with E-state index >= 15 is 0 Å². The molecule has 0 amide bonds. The third kappa shape index (κ3) is 4.15. The second kappa shape index (κ2) is 8.74. The Kier molecular flexibility index (Phi) is 6.11. The van der Waals surface area contributed by atoms with E-state index in [-0.39, 0.29) is 11.7 Å². The average Bonchev–Trinajstić information content (AvgIpc) is 3.15. The smallest absolute Gasteiger partial charge is 0.255 e. The molecule has 0 bridgehead atoms. The highest BCUT2D eigenvalue weighted by molar-refractivity contribution is 5.82. The number of benzene rings is 1. The van der Waals surface area contributed by atoms with Gasteiger partial charge in [-0.2, -0.15) is 0 Å². The number of fused-ring (bicyclic) bond motifs is 2. The van der Waals surface area contributed by atoms with Gasteiger partial charge in [-0.25, -0.2) is 0 Å². The first-order valence-corrected chi connectivity index (χ1v) is 10.2. The van der Waals surface area contributed by atoms with Crippen molar-refractivity contribution >= 4 is 10.9 Å². The fourth-order valence-corrected chi connectivity index (χ4v) is 4.37. The number of rotatable bonds is 7. The molecule has 1 fully saturated rings. The first-order valence-electron chi connectivity index (χ1n) is 10.2. The topological polar surface area (TPSA) is 52.9 Å². The largest absolute Gasteiger partial charge is 0.383 e. The molecule has 0 saturated carbocycles. The third-order valence-electron chi connectivity index (χ3n) is 5.74. The Balaban J connectivity index is 1.64. The van der Waals surface area contributed by atoms with Gasteiger partial charge in [0, 0.05) is 32.3 Å². The maximum absolute atomic E-state index is 13.2. The number of aromatic nitrogens is 1. The Morgan fingerprint density at radius 1 is 1.21 bits per heavy atom. The van der Waals surface area contributed by atoms with Crippen molar-refractivity contribution in [3.8, 4) is 0 Å². The number of hydrogen-bond acceptors (Lipinski definition) is 5. The van der Waals surface area contributed by atoms with E-state index in [1.807, 2.05) is 11.6 Å². The van der Waals surface area contributed by atoms with Gasteiger partial charge in [0.25, 0.3) is 5.56 Å². The van der Waals surface area contributed by atoms with Gasteiger partial charge < -0.3 is 18.8 Å². The van der Waals surface area contributed by atoms with E-state index in [2.05, 4.69) is 23.1 Å². The summed E-state index contributed by atoms with van der Waals surface area (Å²) in [6.45, 7) is 4.37. The average molecular weight is 386 g/mol. The Hall–Kier alpha value is -1.73. The molecular formula is C22H30N2O4. The zero-order chi connectivity index (χ0) is 19.5. The number of ether oxygens (including phenoxy) is 3. The van der Waals surface area contributed by atoms with Crippen LogP contribution in [0.1, 0.15) is 23.1 Å². The highest BCUT2D eigenvalue weighted by Crippen LogP contribution is 2.27. The lowest BCUT2D eigenvalue weighted by atomic mass is 10.0. The molecule has 6 heteroatoms. The molecule has 28 heavy (non-hydrogen) atoms. The minimum Gasteiger partial charge on any atom is -0.383 e. The normalized spacial score (nSPS) is 19.5. The molecule has 1 atom stereocenters. The van der Waals surface area contributed by atoms with Gasteiger partial charge in [0.15, 0.2) is 0 Å². The molecule has 2 heterocycles. The molecular weight excluding hydrogens is 356 g/mol. The van der Waals surface area contributed by atoms with Crippen molar-refractivity contribution in [1.82, 2.24) is 9.47 Å². The van der Waals surface area contributed by atoms with Crippen molar-refractivity contribution in [2.24, 2.45) is 0 Å². The SMILES string of the molecule is COCCn1c(=O)c(CN(C)CC2COCCO2)cc2cc3c(cc21)CCC3. The molecule has 1 aromatic heterocycles. The Morgan fingerprint density at radius 3 is 2.79 bits per heavy atom. The fraction of sp³-hybridized carbons (Fsp3) is 0.591.